The number of aromatic nitrogens is 2. The molecule has 19 heavy (non-hydrogen) atoms. The molecule has 1 aromatic rings. The van der Waals surface area contributed by atoms with E-state index in [1.54, 1.807) is 0 Å². The Morgan fingerprint density at radius 1 is 1.63 bits per heavy atom. The van der Waals surface area contributed by atoms with Gasteiger partial charge in [0.1, 0.15) is 0 Å². The summed E-state index contributed by atoms with van der Waals surface area (Å²) in [5.41, 5.74) is 0.865. The van der Waals surface area contributed by atoms with Gasteiger partial charge in [0.2, 0.25) is 11.8 Å². The first-order chi connectivity index (χ1) is 8.93. The number of halogens is 3. The summed E-state index contributed by atoms with van der Waals surface area (Å²) in [4.78, 5) is 12.0. The molecule has 1 atom stereocenters. The molecule has 7 heteroatoms. The van der Waals surface area contributed by atoms with Crippen molar-refractivity contribution in [3.8, 4) is 0 Å². The van der Waals surface area contributed by atoms with E-state index in [4.69, 9.17) is 0 Å². The highest BCUT2D eigenvalue weighted by atomic mass is 79.9. The maximum atomic E-state index is 13.3. The van der Waals surface area contributed by atoms with E-state index in [-0.39, 0.29) is 18.7 Å². The van der Waals surface area contributed by atoms with Gasteiger partial charge in [-0.2, -0.15) is 5.10 Å². The van der Waals surface area contributed by atoms with Gasteiger partial charge in [-0.1, -0.05) is 6.92 Å². The van der Waals surface area contributed by atoms with E-state index in [0.29, 0.717) is 23.1 Å². The Balaban J connectivity index is 2.02. The SMILES string of the molecule is CCc1[nH]nc(NC(=O)[C@@H]2CCCC(F)(F)C2)c1Br. The first-order valence-corrected chi connectivity index (χ1v) is 7.13. The van der Waals surface area contributed by atoms with Crippen LogP contribution in [0.1, 0.15) is 38.3 Å². The van der Waals surface area contributed by atoms with Gasteiger partial charge in [-0.3, -0.25) is 9.89 Å². The number of amides is 1. The average Bonchev–Trinajstić information content (AvgIpc) is 2.69. The Labute approximate surface area is 118 Å². The molecule has 2 rings (SSSR count). The number of nitrogens with one attached hydrogen (secondary N) is 2. The Bertz CT molecular complexity index is 476. The molecule has 1 saturated carbocycles. The van der Waals surface area contributed by atoms with Gasteiger partial charge >= 0.3 is 0 Å². The van der Waals surface area contributed by atoms with Crippen LogP contribution in [0.15, 0.2) is 4.47 Å². The number of alkyl halides is 2. The number of carbonyl (C=O) groups is 1. The molecule has 1 fully saturated rings. The van der Waals surface area contributed by atoms with Crippen LogP contribution in [-0.4, -0.2) is 22.0 Å². The maximum absolute atomic E-state index is 13.3. The van der Waals surface area contributed by atoms with E-state index in [1.807, 2.05) is 6.92 Å². The number of hydrogen-bond acceptors (Lipinski definition) is 2. The summed E-state index contributed by atoms with van der Waals surface area (Å²) < 4.78 is 27.2. The van der Waals surface area contributed by atoms with Crippen molar-refractivity contribution in [2.24, 2.45) is 5.92 Å². The van der Waals surface area contributed by atoms with Gasteiger partial charge in [-0.15, -0.1) is 0 Å². The Morgan fingerprint density at radius 3 is 2.95 bits per heavy atom. The zero-order valence-corrected chi connectivity index (χ0v) is 12.2. The van der Waals surface area contributed by atoms with Crippen LogP contribution in [0.25, 0.3) is 0 Å². The smallest absolute Gasteiger partial charge is 0.248 e. The highest BCUT2D eigenvalue weighted by molar-refractivity contribution is 9.10. The normalized spacial score (nSPS) is 22.2. The number of nitrogens with zero attached hydrogens (tertiary/aromatic N) is 1. The second kappa shape index (κ2) is 5.56. The molecular formula is C12H16BrF2N3O. The lowest BCUT2D eigenvalue weighted by atomic mass is 9.86. The number of carbonyl (C=O) groups excluding carboxylic acids is 1. The second-order valence-corrected chi connectivity index (χ2v) is 5.65. The highest BCUT2D eigenvalue weighted by Gasteiger charge is 2.39. The molecule has 4 nitrogen and oxygen atoms in total. The van der Waals surface area contributed by atoms with Crippen LogP contribution in [0.3, 0.4) is 0 Å². The second-order valence-electron chi connectivity index (χ2n) is 4.86. The summed E-state index contributed by atoms with van der Waals surface area (Å²) >= 11 is 3.33. The van der Waals surface area contributed by atoms with E-state index in [9.17, 15) is 13.6 Å². The molecule has 0 spiro atoms. The van der Waals surface area contributed by atoms with Gasteiger partial charge in [0.25, 0.3) is 0 Å². The van der Waals surface area contributed by atoms with Crippen LogP contribution in [0.2, 0.25) is 0 Å². The Hall–Kier alpha value is -0.980. The lowest BCUT2D eigenvalue weighted by Crippen LogP contribution is -2.33. The summed E-state index contributed by atoms with van der Waals surface area (Å²) in [5.74, 6) is -3.38. The third-order valence-corrected chi connectivity index (χ3v) is 4.24. The molecule has 0 bridgehead atoms. The van der Waals surface area contributed by atoms with Crippen molar-refractivity contribution >= 4 is 27.7 Å². The summed E-state index contributed by atoms with van der Waals surface area (Å²) in [6.45, 7) is 1.95. The van der Waals surface area contributed by atoms with Gasteiger partial charge < -0.3 is 5.32 Å². The average molecular weight is 336 g/mol. The monoisotopic (exact) mass is 335 g/mol. The molecule has 0 radical (unpaired) electrons. The number of aromatic amines is 1. The van der Waals surface area contributed by atoms with Crippen LogP contribution in [0.5, 0.6) is 0 Å². The fourth-order valence-electron chi connectivity index (χ4n) is 2.30. The topological polar surface area (TPSA) is 57.8 Å². The molecule has 0 saturated heterocycles. The summed E-state index contributed by atoms with van der Waals surface area (Å²) in [6, 6.07) is 0. The first kappa shape index (κ1) is 14.4. The van der Waals surface area contributed by atoms with Crippen LogP contribution in [0, 0.1) is 5.92 Å². The minimum atomic E-state index is -2.72. The van der Waals surface area contributed by atoms with Crippen LogP contribution < -0.4 is 5.32 Å². The highest BCUT2D eigenvalue weighted by Crippen LogP contribution is 2.37. The quantitative estimate of drug-likeness (QED) is 0.888. The third-order valence-electron chi connectivity index (χ3n) is 3.38. The predicted octanol–water partition coefficient (Wildman–Crippen LogP) is 3.50. The fourth-order valence-corrected chi connectivity index (χ4v) is 2.85. The number of anilines is 1. The molecule has 1 aliphatic rings. The first-order valence-electron chi connectivity index (χ1n) is 6.34. The Morgan fingerprint density at radius 2 is 2.37 bits per heavy atom. The minimum Gasteiger partial charge on any atom is -0.308 e. The molecule has 2 N–H and O–H groups in total. The molecule has 1 aliphatic carbocycles. The summed E-state index contributed by atoms with van der Waals surface area (Å²) in [5, 5.41) is 9.37. The van der Waals surface area contributed by atoms with Crippen LogP contribution in [-0.2, 0) is 11.2 Å². The van der Waals surface area contributed by atoms with Gasteiger partial charge in [0, 0.05) is 18.8 Å². The zero-order chi connectivity index (χ0) is 14.0. The van der Waals surface area contributed by atoms with E-state index >= 15 is 0 Å². The van der Waals surface area contributed by atoms with Crippen molar-refractivity contribution in [1.82, 2.24) is 10.2 Å². The van der Waals surface area contributed by atoms with Gasteiger partial charge in [0.15, 0.2) is 5.82 Å². The summed E-state index contributed by atoms with van der Waals surface area (Å²) in [6.07, 6.45) is 1.13. The van der Waals surface area contributed by atoms with Crippen molar-refractivity contribution in [3.05, 3.63) is 10.2 Å². The number of rotatable bonds is 3. The number of hydrogen-bond donors (Lipinski definition) is 2. The third kappa shape index (κ3) is 3.32. The molecule has 106 valence electrons. The molecular weight excluding hydrogens is 320 g/mol. The van der Waals surface area contributed by atoms with E-state index in [2.05, 4.69) is 31.4 Å². The Kier molecular flexibility index (Phi) is 4.23. The van der Waals surface area contributed by atoms with Gasteiger partial charge in [0.05, 0.1) is 10.2 Å². The van der Waals surface area contributed by atoms with Gasteiger partial charge in [-0.25, -0.2) is 8.78 Å². The summed E-state index contributed by atoms with van der Waals surface area (Å²) in [7, 11) is 0. The van der Waals surface area contributed by atoms with Crippen molar-refractivity contribution in [2.45, 2.75) is 45.0 Å². The molecule has 1 heterocycles. The van der Waals surface area contributed by atoms with Gasteiger partial charge in [-0.05, 0) is 35.2 Å². The molecule has 1 aromatic heterocycles. The van der Waals surface area contributed by atoms with Crippen LogP contribution in [0.4, 0.5) is 14.6 Å². The maximum Gasteiger partial charge on any atom is 0.248 e. The molecule has 1 amide bonds. The van der Waals surface area contributed by atoms with E-state index < -0.39 is 11.8 Å². The zero-order valence-electron chi connectivity index (χ0n) is 10.6. The molecule has 0 aliphatic heterocycles. The molecule has 0 aromatic carbocycles. The lowest BCUT2D eigenvalue weighted by molar-refractivity contribution is -0.127. The largest absolute Gasteiger partial charge is 0.308 e. The van der Waals surface area contributed by atoms with E-state index in [0.717, 1.165) is 12.1 Å². The number of aryl methyl sites for hydroxylation is 1. The predicted molar refractivity (Wildman–Crippen MR) is 71.2 cm³/mol. The fraction of sp³-hybridized carbons (Fsp3) is 0.667. The van der Waals surface area contributed by atoms with Crippen LogP contribution >= 0.6 is 15.9 Å². The van der Waals surface area contributed by atoms with Crippen molar-refractivity contribution < 1.29 is 13.6 Å². The van der Waals surface area contributed by atoms with Crippen molar-refractivity contribution in [1.29, 1.82) is 0 Å². The van der Waals surface area contributed by atoms with Crippen molar-refractivity contribution in [2.75, 3.05) is 5.32 Å². The lowest BCUT2D eigenvalue weighted by Gasteiger charge is -2.27. The molecule has 0 unspecified atom stereocenters. The minimum absolute atomic E-state index is 0.122. The number of H-pyrrole nitrogens is 1. The van der Waals surface area contributed by atoms with E-state index in [1.165, 1.54) is 0 Å². The van der Waals surface area contributed by atoms with Crippen molar-refractivity contribution in [3.63, 3.8) is 0 Å². The standard InChI is InChI=1S/C12H16BrF2N3O/c1-2-8-9(13)10(18-17-8)16-11(19)7-4-3-5-12(14,15)6-7/h7H,2-6H2,1H3,(H2,16,17,18,19)/t7-/m1/s1.